The van der Waals surface area contributed by atoms with Gasteiger partial charge in [0.25, 0.3) is 0 Å². The van der Waals surface area contributed by atoms with Crippen LogP contribution in [0.1, 0.15) is 13.8 Å². The van der Waals surface area contributed by atoms with Gasteiger partial charge in [0.05, 0.1) is 6.26 Å². The van der Waals surface area contributed by atoms with Crippen LogP contribution >= 0.6 is 11.8 Å². The third-order valence-electron chi connectivity index (χ3n) is 1.23. The van der Waals surface area contributed by atoms with Gasteiger partial charge in [-0.15, -0.1) is 0 Å². The molecule has 82 valence electrons. The summed E-state index contributed by atoms with van der Waals surface area (Å²) in [6, 6.07) is -0.252. The molecule has 0 spiro atoms. The highest BCUT2D eigenvalue weighted by Crippen LogP contribution is 2.10. The average molecular weight is 237 g/mol. The highest BCUT2D eigenvalue weighted by Gasteiger charge is 2.11. The number of nitrogens with one attached hydrogen (secondary N) is 1. The monoisotopic (exact) mass is 237 g/mol. The first-order valence-electron chi connectivity index (χ1n) is 4.02. The Morgan fingerprint density at radius 1 is 1.57 bits per heavy atom. The maximum Gasteiger partial charge on any atom is 0.214 e. The molecule has 0 aromatic carbocycles. The first kappa shape index (κ1) is 13.7. The molecule has 0 saturated heterocycles. The summed E-state index contributed by atoms with van der Waals surface area (Å²) in [5.41, 5.74) is 0.474. The van der Waals surface area contributed by atoms with Crippen LogP contribution in [0, 0.1) is 0 Å². The molecule has 0 aliphatic heterocycles. The van der Waals surface area contributed by atoms with Crippen LogP contribution in [0.4, 0.5) is 0 Å². The third kappa shape index (κ3) is 7.11. The predicted molar refractivity (Wildman–Crippen MR) is 59.7 cm³/mol. The molecule has 1 atom stereocenters. The fourth-order valence-electron chi connectivity index (χ4n) is 0.723. The van der Waals surface area contributed by atoms with E-state index in [0.29, 0.717) is 11.3 Å². The second-order valence-electron chi connectivity index (χ2n) is 3.17. The van der Waals surface area contributed by atoms with Gasteiger partial charge >= 0.3 is 0 Å². The van der Waals surface area contributed by atoms with Crippen LogP contribution in [-0.4, -0.2) is 31.6 Å². The largest absolute Gasteiger partial charge is 0.282 e. The quantitative estimate of drug-likeness (QED) is 0.717. The van der Waals surface area contributed by atoms with Crippen molar-refractivity contribution in [1.82, 2.24) is 4.72 Å². The SMILES string of the molecule is C=C(C)C(=O)SCC(C)NS(C)(=O)=O. The van der Waals surface area contributed by atoms with Crippen molar-refractivity contribution in [3.8, 4) is 0 Å². The van der Waals surface area contributed by atoms with Crippen molar-refractivity contribution in [2.45, 2.75) is 19.9 Å². The molecule has 0 fully saturated rings. The van der Waals surface area contributed by atoms with E-state index in [1.54, 1.807) is 13.8 Å². The fourth-order valence-corrected chi connectivity index (χ4v) is 2.37. The molecule has 1 N–H and O–H groups in total. The van der Waals surface area contributed by atoms with E-state index in [9.17, 15) is 13.2 Å². The number of hydrogen-bond donors (Lipinski definition) is 1. The predicted octanol–water partition coefficient (Wildman–Crippen LogP) is 0.760. The number of carbonyl (C=O) groups is 1. The van der Waals surface area contributed by atoms with Gasteiger partial charge in [-0.05, 0) is 19.4 Å². The summed E-state index contributed by atoms with van der Waals surface area (Å²) in [7, 11) is -3.19. The summed E-state index contributed by atoms with van der Waals surface area (Å²) in [4.78, 5) is 11.1. The molecule has 0 amide bonds. The molecule has 0 aromatic rings. The Morgan fingerprint density at radius 3 is 2.43 bits per heavy atom. The average Bonchev–Trinajstić information content (AvgIpc) is 1.96. The first-order chi connectivity index (χ1) is 6.22. The Morgan fingerprint density at radius 2 is 2.07 bits per heavy atom. The topological polar surface area (TPSA) is 63.2 Å². The highest BCUT2D eigenvalue weighted by molar-refractivity contribution is 8.14. The van der Waals surface area contributed by atoms with E-state index in [4.69, 9.17) is 0 Å². The Balaban J connectivity index is 3.92. The summed E-state index contributed by atoms with van der Waals surface area (Å²) in [6.07, 6.45) is 1.09. The molecule has 0 heterocycles. The van der Waals surface area contributed by atoms with Gasteiger partial charge in [-0.3, -0.25) is 4.79 Å². The summed E-state index contributed by atoms with van der Waals surface area (Å²) in [6.45, 7) is 6.84. The summed E-state index contributed by atoms with van der Waals surface area (Å²) in [5, 5.41) is -0.104. The van der Waals surface area contributed by atoms with Gasteiger partial charge in [-0.25, -0.2) is 13.1 Å². The number of thioether (sulfide) groups is 1. The lowest BCUT2D eigenvalue weighted by molar-refractivity contribution is -0.107. The first-order valence-corrected chi connectivity index (χ1v) is 6.90. The Kier molecular flexibility index (Phi) is 5.40. The lowest BCUT2D eigenvalue weighted by Crippen LogP contribution is -2.33. The van der Waals surface area contributed by atoms with Crippen molar-refractivity contribution in [1.29, 1.82) is 0 Å². The molecule has 0 radical (unpaired) electrons. The van der Waals surface area contributed by atoms with Crippen molar-refractivity contribution in [3.63, 3.8) is 0 Å². The Hall–Kier alpha value is -0.330. The molecule has 0 rings (SSSR count). The summed E-state index contributed by atoms with van der Waals surface area (Å²) in [5.74, 6) is 0.415. The maximum absolute atomic E-state index is 11.1. The van der Waals surface area contributed by atoms with Gasteiger partial charge in [0.2, 0.25) is 15.1 Å². The van der Waals surface area contributed by atoms with Crippen molar-refractivity contribution in [3.05, 3.63) is 12.2 Å². The molecule has 4 nitrogen and oxygen atoms in total. The number of rotatable bonds is 5. The van der Waals surface area contributed by atoms with Gasteiger partial charge in [-0.2, -0.15) is 0 Å². The van der Waals surface area contributed by atoms with E-state index < -0.39 is 10.0 Å². The maximum atomic E-state index is 11.1. The minimum absolute atomic E-state index is 0.104. The smallest absolute Gasteiger partial charge is 0.214 e. The van der Waals surface area contributed by atoms with Crippen LogP contribution in [0.25, 0.3) is 0 Å². The van der Waals surface area contributed by atoms with E-state index in [2.05, 4.69) is 11.3 Å². The molecule has 0 bridgehead atoms. The van der Waals surface area contributed by atoms with Crippen LogP contribution in [0.5, 0.6) is 0 Å². The molecular formula is C8H15NO3S2. The molecular weight excluding hydrogens is 222 g/mol. The normalized spacial score (nSPS) is 13.6. The molecule has 6 heteroatoms. The van der Waals surface area contributed by atoms with Crippen molar-refractivity contribution >= 4 is 26.9 Å². The second-order valence-corrected chi connectivity index (χ2v) is 5.94. The van der Waals surface area contributed by atoms with Gasteiger partial charge in [-0.1, -0.05) is 18.3 Å². The molecule has 0 aliphatic carbocycles. The zero-order valence-electron chi connectivity index (χ0n) is 8.53. The van der Waals surface area contributed by atoms with Crippen LogP contribution in [0.15, 0.2) is 12.2 Å². The van der Waals surface area contributed by atoms with E-state index >= 15 is 0 Å². The number of hydrogen-bond acceptors (Lipinski definition) is 4. The van der Waals surface area contributed by atoms with Crippen LogP contribution in [0.2, 0.25) is 0 Å². The number of sulfonamides is 1. The fraction of sp³-hybridized carbons (Fsp3) is 0.625. The molecule has 0 aromatic heterocycles. The van der Waals surface area contributed by atoms with Gasteiger partial charge < -0.3 is 0 Å². The standard InChI is InChI=1S/C8H15NO3S2/c1-6(2)8(10)13-5-7(3)9-14(4,11)12/h7,9H,1,5H2,2-4H3. The number of carbonyl (C=O) groups excluding carboxylic acids is 1. The van der Waals surface area contributed by atoms with Crippen molar-refractivity contribution < 1.29 is 13.2 Å². The minimum Gasteiger partial charge on any atom is -0.282 e. The van der Waals surface area contributed by atoms with Crippen LogP contribution in [-0.2, 0) is 14.8 Å². The van der Waals surface area contributed by atoms with Gasteiger partial charge in [0.15, 0.2) is 0 Å². The van der Waals surface area contributed by atoms with Crippen LogP contribution in [0.3, 0.4) is 0 Å². The van der Waals surface area contributed by atoms with E-state index in [1.807, 2.05) is 0 Å². The lowest BCUT2D eigenvalue weighted by Gasteiger charge is -2.10. The summed E-state index contributed by atoms with van der Waals surface area (Å²) < 4.78 is 24.0. The second kappa shape index (κ2) is 5.53. The third-order valence-corrected chi connectivity index (χ3v) is 3.34. The van der Waals surface area contributed by atoms with E-state index in [-0.39, 0.29) is 11.2 Å². The van der Waals surface area contributed by atoms with Gasteiger partial charge in [0.1, 0.15) is 0 Å². The zero-order valence-corrected chi connectivity index (χ0v) is 10.2. The Bertz CT molecular complexity index is 321. The lowest BCUT2D eigenvalue weighted by atomic mass is 10.4. The van der Waals surface area contributed by atoms with Crippen LogP contribution < -0.4 is 4.72 Å². The highest BCUT2D eigenvalue weighted by atomic mass is 32.2. The minimum atomic E-state index is -3.19. The summed E-state index contributed by atoms with van der Waals surface area (Å²) >= 11 is 1.07. The van der Waals surface area contributed by atoms with Crippen molar-refractivity contribution in [2.24, 2.45) is 0 Å². The molecule has 1 unspecified atom stereocenters. The van der Waals surface area contributed by atoms with Crippen molar-refractivity contribution in [2.75, 3.05) is 12.0 Å². The van der Waals surface area contributed by atoms with E-state index in [0.717, 1.165) is 18.0 Å². The molecule has 0 aliphatic rings. The zero-order chi connectivity index (χ0) is 11.4. The Labute approximate surface area is 89.2 Å². The molecule has 14 heavy (non-hydrogen) atoms. The van der Waals surface area contributed by atoms with E-state index in [1.165, 1.54) is 0 Å². The molecule has 0 saturated carbocycles. The van der Waals surface area contributed by atoms with Gasteiger partial charge in [0, 0.05) is 11.8 Å².